The van der Waals surface area contributed by atoms with Gasteiger partial charge in [-0.05, 0) is 48.2 Å². The fraction of sp³-hybridized carbons (Fsp3) is 0.318. The summed E-state index contributed by atoms with van der Waals surface area (Å²) in [6, 6.07) is 10.3. The first-order valence-corrected chi connectivity index (χ1v) is 9.90. The van der Waals surface area contributed by atoms with E-state index in [2.05, 4.69) is 31.2 Å². The van der Waals surface area contributed by atoms with Crippen molar-refractivity contribution in [3.8, 4) is 0 Å². The van der Waals surface area contributed by atoms with E-state index in [-0.39, 0.29) is 6.10 Å². The van der Waals surface area contributed by atoms with Crippen LogP contribution in [0.1, 0.15) is 28.5 Å². The second-order valence-corrected chi connectivity index (χ2v) is 7.52. The summed E-state index contributed by atoms with van der Waals surface area (Å²) in [6.07, 6.45) is 4.67. The number of benzene rings is 1. The molecule has 1 aromatic carbocycles. The number of nitrogens with one attached hydrogen (secondary N) is 1. The average Bonchev–Trinajstić information content (AvgIpc) is 2.84. The molecule has 1 atom stereocenters. The summed E-state index contributed by atoms with van der Waals surface area (Å²) in [5, 5.41) is 18.0. The van der Waals surface area contributed by atoms with E-state index < -0.39 is 11.9 Å². The molecule has 0 spiro atoms. The minimum atomic E-state index is -1.51. The molecule has 0 saturated heterocycles. The van der Waals surface area contributed by atoms with E-state index >= 15 is 0 Å². The van der Waals surface area contributed by atoms with Crippen molar-refractivity contribution in [2.75, 3.05) is 27.2 Å². The van der Waals surface area contributed by atoms with Crippen molar-refractivity contribution in [3.63, 3.8) is 0 Å². The quantitative estimate of drug-likeness (QED) is 0.643. The predicted octanol–water partition coefficient (Wildman–Crippen LogP) is 0.461. The minimum Gasteiger partial charge on any atom is -0.545 e. The van der Waals surface area contributed by atoms with Crippen molar-refractivity contribution < 1.29 is 29.4 Å². The van der Waals surface area contributed by atoms with Gasteiger partial charge in [0.05, 0.1) is 26.7 Å². The molecule has 8 heteroatoms. The fourth-order valence-corrected chi connectivity index (χ4v) is 3.24. The molecule has 1 heterocycles. The predicted molar refractivity (Wildman–Crippen MR) is 110 cm³/mol. The minimum absolute atomic E-state index is 0.0701. The fourth-order valence-electron chi connectivity index (χ4n) is 3.06. The standard InChI is InChI=1S/C18H21ClN2O.C4H4O4/c1-21(2)10-11-22-18-15-4-3-9-20-17(15)8-6-13-5-7-14(19)12-16(13)18;5-3(6)1-2-4(7)8/h3-5,7,9,12,18H,6,8,10-11H2,1-2H3;1-2H,(H,5,6)(H,7,8)/b;2-1-. The molecule has 1 unspecified atom stereocenters. The number of quaternary nitrogens is 1. The maximum Gasteiger partial charge on any atom is 0.328 e. The van der Waals surface area contributed by atoms with Crippen LogP contribution in [0, 0.1) is 0 Å². The number of pyridine rings is 1. The number of likely N-dealkylation sites (N-methyl/N-ethyl adjacent to an activating group) is 1. The van der Waals surface area contributed by atoms with Gasteiger partial charge in [-0.25, -0.2) is 4.79 Å². The summed E-state index contributed by atoms with van der Waals surface area (Å²) in [5.41, 5.74) is 4.81. The van der Waals surface area contributed by atoms with E-state index in [1.165, 1.54) is 21.6 Å². The Balaban J connectivity index is 0.000000343. The van der Waals surface area contributed by atoms with Gasteiger partial charge >= 0.3 is 5.97 Å². The first-order valence-electron chi connectivity index (χ1n) is 9.52. The molecule has 1 aliphatic carbocycles. The van der Waals surface area contributed by atoms with Crippen LogP contribution in [0.4, 0.5) is 0 Å². The van der Waals surface area contributed by atoms with Gasteiger partial charge in [0.25, 0.3) is 0 Å². The molecule has 0 aliphatic heterocycles. The lowest BCUT2D eigenvalue weighted by Crippen LogP contribution is -3.06. The number of carbonyl (C=O) groups excluding carboxylic acids is 1. The third kappa shape index (κ3) is 7.26. The summed E-state index contributed by atoms with van der Waals surface area (Å²) < 4.78 is 6.26. The lowest BCUT2D eigenvalue weighted by Gasteiger charge is -2.21. The lowest BCUT2D eigenvalue weighted by molar-refractivity contribution is -0.858. The van der Waals surface area contributed by atoms with Crippen LogP contribution in [-0.4, -0.2) is 49.3 Å². The monoisotopic (exact) mass is 432 g/mol. The Hall–Kier alpha value is -2.74. The molecule has 3 rings (SSSR count). The highest BCUT2D eigenvalue weighted by Gasteiger charge is 2.25. The van der Waals surface area contributed by atoms with Crippen molar-refractivity contribution in [2.45, 2.75) is 18.9 Å². The van der Waals surface area contributed by atoms with Gasteiger partial charge in [0.2, 0.25) is 0 Å². The van der Waals surface area contributed by atoms with Crippen LogP contribution in [0.3, 0.4) is 0 Å². The zero-order chi connectivity index (χ0) is 22.1. The van der Waals surface area contributed by atoms with Gasteiger partial charge in [-0.2, -0.15) is 0 Å². The molecule has 1 aliphatic rings. The normalized spacial score (nSPS) is 15.0. The third-order valence-electron chi connectivity index (χ3n) is 4.48. The van der Waals surface area contributed by atoms with Crippen molar-refractivity contribution in [1.82, 2.24) is 4.98 Å². The molecule has 2 aromatic rings. The molecule has 2 N–H and O–H groups in total. The Bertz CT molecular complexity index is 898. The summed E-state index contributed by atoms with van der Waals surface area (Å²) >= 11 is 6.23. The molecular weight excluding hydrogens is 408 g/mol. The molecular formula is C22H25ClN2O5. The molecule has 30 heavy (non-hydrogen) atoms. The Labute approximate surface area is 180 Å². The first kappa shape index (κ1) is 23.5. The van der Waals surface area contributed by atoms with Crippen molar-refractivity contribution >= 4 is 23.5 Å². The number of nitrogens with zero attached hydrogens (tertiary/aromatic N) is 1. The van der Waals surface area contributed by atoms with Crippen molar-refractivity contribution in [3.05, 3.63) is 76.1 Å². The highest BCUT2D eigenvalue weighted by molar-refractivity contribution is 6.30. The summed E-state index contributed by atoms with van der Waals surface area (Å²) in [4.78, 5) is 24.9. The van der Waals surface area contributed by atoms with Crippen molar-refractivity contribution in [1.29, 1.82) is 0 Å². The van der Waals surface area contributed by atoms with Crippen molar-refractivity contribution in [2.24, 2.45) is 0 Å². The van der Waals surface area contributed by atoms with Gasteiger partial charge < -0.3 is 24.6 Å². The van der Waals surface area contributed by atoms with E-state index in [0.29, 0.717) is 18.8 Å². The maximum absolute atomic E-state index is 9.53. The third-order valence-corrected chi connectivity index (χ3v) is 4.71. The SMILES string of the molecule is C[NH+](C)CCOC1c2cc(Cl)ccc2CCc2ncccc21.O=C([O-])/C=C\C(=O)O. The van der Waals surface area contributed by atoms with E-state index in [1.54, 1.807) is 0 Å². The van der Waals surface area contributed by atoms with Crippen LogP contribution in [0.5, 0.6) is 0 Å². The van der Waals surface area contributed by atoms with Gasteiger partial charge in [-0.15, -0.1) is 0 Å². The molecule has 0 saturated carbocycles. The number of hydrogen-bond acceptors (Lipinski definition) is 5. The highest BCUT2D eigenvalue weighted by Crippen LogP contribution is 2.35. The topological polar surface area (TPSA) is 104 Å². The number of carboxylic acid groups (broad SMARTS) is 2. The largest absolute Gasteiger partial charge is 0.545 e. The second kappa shape index (κ2) is 11.4. The average molecular weight is 433 g/mol. The molecule has 0 fully saturated rings. The molecule has 7 nitrogen and oxygen atoms in total. The Morgan fingerprint density at radius 2 is 2.03 bits per heavy atom. The van der Waals surface area contributed by atoms with Crippen LogP contribution < -0.4 is 10.0 Å². The maximum atomic E-state index is 9.53. The molecule has 1 aromatic heterocycles. The van der Waals surface area contributed by atoms with Crippen LogP contribution in [-0.2, 0) is 27.2 Å². The van der Waals surface area contributed by atoms with Gasteiger partial charge in [-0.1, -0.05) is 23.7 Å². The summed E-state index contributed by atoms with van der Waals surface area (Å²) in [5.74, 6) is -2.80. The molecule has 0 amide bonds. The van der Waals surface area contributed by atoms with Crippen LogP contribution in [0.2, 0.25) is 5.02 Å². The number of ether oxygens (including phenoxy) is 1. The number of aliphatic carboxylic acids is 2. The summed E-state index contributed by atoms with van der Waals surface area (Å²) in [7, 11) is 4.27. The molecule has 160 valence electrons. The lowest BCUT2D eigenvalue weighted by atomic mass is 9.98. The van der Waals surface area contributed by atoms with Gasteiger partial charge in [0.15, 0.2) is 0 Å². The zero-order valence-corrected chi connectivity index (χ0v) is 17.7. The molecule has 0 radical (unpaired) electrons. The first-order chi connectivity index (χ1) is 14.3. The number of aromatic nitrogens is 1. The van der Waals surface area contributed by atoms with Gasteiger partial charge in [-0.3, -0.25) is 4.98 Å². The highest BCUT2D eigenvalue weighted by atomic mass is 35.5. The van der Waals surface area contributed by atoms with E-state index in [0.717, 1.165) is 30.1 Å². The number of fused-ring (bicyclic) bond motifs is 2. The number of rotatable bonds is 6. The van der Waals surface area contributed by atoms with E-state index in [4.69, 9.17) is 21.4 Å². The number of hydrogen-bond donors (Lipinski definition) is 2. The Kier molecular flexibility index (Phi) is 8.98. The number of carboxylic acids is 2. The number of aryl methyl sites for hydroxylation is 2. The number of carbonyl (C=O) groups is 2. The van der Waals surface area contributed by atoms with E-state index in [1.807, 2.05) is 24.4 Å². The second-order valence-electron chi connectivity index (χ2n) is 7.08. The molecule has 0 bridgehead atoms. The van der Waals surface area contributed by atoms with Crippen LogP contribution >= 0.6 is 11.6 Å². The van der Waals surface area contributed by atoms with Crippen LogP contribution in [0.25, 0.3) is 0 Å². The van der Waals surface area contributed by atoms with Crippen LogP contribution in [0.15, 0.2) is 48.7 Å². The zero-order valence-electron chi connectivity index (χ0n) is 16.9. The smallest absolute Gasteiger partial charge is 0.328 e. The summed E-state index contributed by atoms with van der Waals surface area (Å²) in [6.45, 7) is 1.69. The number of halogens is 1. The van der Waals surface area contributed by atoms with E-state index in [9.17, 15) is 14.7 Å². The Morgan fingerprint density at radius 3 is 2.67 bits per heavy atom. The van der Waals surface area contributed by atoms with Gasteiger partial charge in [0, 0.05) is 28.6 Å². The van der Waals surface area contributed by atoms with Gasteiger partial charge in [0.1, 0.15) is 12.6 Å². The Morgan fingerprint density at radius 1 is 1.27 bits per heavy atom.